The molecule has 170 valence electrons. The number of nitrogens with zero attached hydrogens (tertiary/aromatic N) is 2. The van der Waals surface area contributed by atoms with Crippen LogP contribution in [0.5, 0.6) is 0 Å². The van der Waals surface area contributed by atoms with Crippen molar-refractivity contribution in [2.75, 3.05) is 6.54 Å². The molecule has 0 aliphatic carbocycles. The largest absolute Gasteiger partial charge is 0.356 e. The first-order valence-corrected chi connectivity index (χ1v) is 11.8. The van der Waals surface area contributed by atoms with Crippen LogP contribution < -0.4 is 5.32 Å². The number of amides is 1. The highest BCUT2D eigenvalue weighted by molar-refractivity contribution is 5.76. The average Bonchev–Trinajstić information content (AvgIpc) is 3.15. The fourth-order valence-electron chi connectivity index (χ4n) is 4.58. The summed E-state index contributed by atoms with van der Waals surface area (Å²) in [5.41, 5.74) is 8.69. The second-order valence-electron chi connectivity index (χ2n) is 8.92. The van der Waals surface area contributed by atoms with E-state index in [9.17, 15) is 4.79 Å². The van der Waals surface area contributed by atoms with Crippen LogP contribution in [0.15, 0.2) is 66.7 Å². The van der Waals surface area contributed by atoms with Crippen LogP contribution in [-0.4, -0.2) is 22.0 Å². The van der Waals surface area contributed by atoms with Crippen LogP contribution in [0.1, 0.15) is 46.5 Å². The number of aromatic nitrogens is 2. The number of para-hydroxylation sites is 2. The molecule has 4 rings (SSSR count). The molecule has 0 atom stereocenters. The van der Waals surface area contributed by atoms with E-state index in [1.54, 1.807) is 0 Å². The van der Waals surface area contributed by atoms with Gasteiger partial charge in [-0.25, -0.2) is 4.98 Å². The lowest BCUT2D eigenvalue weighted by Gasteiger charge is -2.15. The van der Waals surface area contributed by atoms with Gasteiger partial charge < -0.3 is 9.88 Å². The molecule has 33 heavy (non-hydrogen) atoms. The molecule has 1 heterocycles. The Kier molecular flexibility index (Phi) is 7.23. The first-order valence-electron chi connectivity index (χ1n) is 11.8. The number of carbonyl (C=O) groups excluding carboxylic acids is 1. The van der Waals surface area contributed by atoms with E-state index in [-0.39, 0.29) is 5.91 Å². The zero-order valence-electron chi connectivity index (χ0n) is 19.9. The van der Waals surface area contributed by atoms with Gasteiger partial charge in [0.25, 0.3) is 0 Å². The van der Waals surface area contributed by atoms with Crippen molar-refractivity contribution in [2.45, 2.75) is 53.0 Å². The standard InChI is InChI=1S/C29H33N3O/c1-21-18-22(2)25(23(3)19-21)20-32-27-13-8-7-12-26(27)31-28(32)14-9-17-30-29(33)16-15-24-10-5-4-6-11-24/h4-8,10-13,18-19H,9,14-17,20H2,1-3H3,(H,30,33). The van der Waals surface area contributed by atoms with E-state index in [1.807, 2.05) is 24.3 Å². The quantitative estimate of drug-likeness (QED) is 0.341. The van der Waals surface area contributed by atoms with Crippen molar-refractivity contribution < 1.29 is 4.79 Å². The number of aryl methyl sites for hydroxylation is 5. The van der Waals surface area contributed by atoms with Gasteiger partial charge in [0.2, 0.25) is 5.91 Å². The van der Waals surface area contributed by atoms with Crippen LogP contribution in [0.3, 0.4) is 0 Å². The Labute approximate surface area is 196 Å². The third-order valence-corrected chi connectivity index (χ3v) is 6.27. The van der Waals surface area contributed by atoms with Gasteiger partial charge in [-0.1, -0.05) is 60.2 Å². The van der Waals surface area contributed by atoms with Crippen molar-refractivity contribution in [1.29, 1.82) is 0 Å². The lowest BCUT2D eigenvalue weighted by molar-refractivity contribution is -0.121. The van der Waals surface area contributed by atoms with E-state index < -0.39 is 0 Å². The Morgan fingerprint density at radius 1 is 0.909 bits per heavy atom. The maximum absolute atomic E-state index is 12.2. The number of fused-ring (bicyclic) bond motifs is 1. The van der Waals surface area contributed by atoms with Crippen LogP contribution in [0.25, 0.3) is 11.0 Å². The lowest BCUT2D eigenvalue weighted by Crippen LogP contribution is -2.25. The minimum absolute atomic E-state index is 0.110. The summed E-state index contributed by atoms with van der Waals surface area (Å²) >= 11 is 0. The first-order chi connectivity index (χ1) is 16.0. The van der Waals surface area contributed by atoms with Crippen molar-refractivity contribution in [3.8, 4) is 0 Å². The van der Waals surface area contributed by atoms with Crippen molar-refractivity contribution in [3.63, 3.8) is 0 Å². The van der Waals surface area contributed by atoms with Crippen molar-refractivity contribution >= 4 is 16.9 Å². The fourth-order valence-corrected chi connectivity index (χ4v) is 4.58. The van der Waals surface area contributed by atoms with Crippen LogP contribution in [0.4, 0.5) is 0 Å². The van der Waals surface area contributed by atoms with Crippen molar-refractivity contribution in [3.05, 3.63) is 100 Å². The van der Waals surface area contributed by atoms with E-state index >= 15 is 0 Å². The second kappa shape index (κ2) is 10.5. The average molecular weight is 440 g/mol. The summed E-state index contributed by atoms with van der Waals surface area (Å²) in [6, 6.07) is 23.0. The molecule has 0 saturated heterocycles. The number of benzene rings is 3. The van der Waals surface area contributed by atoms with Crippen molar-refractivity contribution in [1.82, 2.24) is 14.9 Å². The van der Waals surface area contributed by atoms with Gasteiger partial charge in [-0.05, 0) is 68.0 Å². The molecule has 0 aliphatic rings. The molecular weight excluding hydrogens is 406 g/mol. The normalized spacial score (nSPS) is 11.1. The highest BCUT2D eigenvalue weighted by Crippen LogP contribution is 2.23. The van der Waals surface area contributed by atoms with E-state index in [0.29, 0.717) is 13.0 Å². The Hall–Kier alpha value is -3.40. The van der Waals surface area contributed by atoms with E-state index in [4.69, 9.17) is 4.98 Å². The zero-order chi connectivity index (χ0) is 23.2. The Bertz CT molecular complexity index is 1220. The third kappa shape index (κ3) is 5.70. The monoisotopic (exact) mass is 439 g/mol. The van der Waals surface area contributed by atoms with Gasteiger partial charge in [-0.2, -0.15) is 0 Å². The van der Waals surface area contributed by atoms with Gasteiger partial charge in [-0.15, -0.1) is 0 Å². The summed E-state index contributed by atoms with van der Waals surface area (Å²) in [5, 5.41) is 3.07. The number of rotatable bonds is 9. The van der Waals surface area contributed by atoms with Gasteiger partial charge in [0.15, 0.2) is 0 Å². The topological polar surface area (TPSA) is 46.9 Å². The van der Waals surface area contributed by atoms with E-state index in [0.717, 1.165) is 37.1 Å². The van der Waals surface area contributed by atoms with Crippen molar-refractivity contribution in [2.24, 2.45) is 0 Å². The maximum atomic E-state index is 12.2. The second-order valence-corrected chi connectivity index (χ2v) is 8.92. The van der Waals surface area contributed by atoms with Gasteiger partial charge in [-0.3, -0.25) is 4.79 Å². The molecule has 0 fully saturated rings. The van der Waals surface area contributed by atoms with Crippen LogP contribution in [0, 0.1) is 20.8 Å². The first kappa shape index (κ1) is 22.8. The number of nitrogens with one attached hydrogen (secondary N) is 1. The molecule has 1 aromatic heterocycles. The molecular formula is C29H33N3O. The van der Waals surface area contributed by atoms with Gasteiger partial charge in [0.1, 0.15) is 5.82 Å². The van der Waals surface area contributed by atoms with Gasteiger partial charge >= 0.3 is 0 Å². The molecule has 1 N–H and O–H groups in total. The summed E-state index contributed by atoms with van der Waals surface area (Å²) in [6.45, 7) is 8.02. The SMILES string of the molecule is Cc1cc(C)c(Cn2c(CCCNC(=O)CCc3ccccc3)nc3ccccc32)c(C)c1. The molecule has 4 aromatic rings. The van der Waals surface area contributed by atoms with Gasteiger partial charge in [0, 0.05) is 25.9 Å². The van der Waals surface area contributed by atoms with Crippen LogP contribution in [0.2, 0.25) is 0 Å². The Balaban J connectivity index is 1.40. The van der Waals surface area contributed by atoms with Crippen LogP contribution >= 0.6 is 0 Å². The summed E-state index contributed by atoms with van der Waals surface area (Å²) in [6.07, 6.45) is 3.00. The minimum atomic E-state index is 0.110. The molecule has 4 nitrogen and oxygen atoms in total. The number of hydrogen-bond acceptors (Lipinski definition) is 2. The molecule has 3 aromatic carbocycles. The summed E-state index contributed by atoms with van der Waals surface area (Å²) in [5.74, 6) is 1.19. The smallest absolute Gasteiger partial charge is 0.220 e. The van der Waals surface area contributed by atoms with Crippen LogP contribution in [-0.2, 0) is 24.2 Å². The predicted octanol–water partition coefficient (Wildman–Crippen LogP) is 5.69. The summed E-state index contributed by atoms with van der Waals surface area (Å²) in [4.78, 5) is 17.2. The predicted molar refractivity (Wildman–Crippen MR) is 136 cm³/mol. The number of hydrogen-bond donors (Lipinski definition) is 1. The molecule has 0 unspecified atom stereocenters. The fraction of sp³-hybridized carbons (Fsp3) is 0.310. The molecule has 0 radical (unpaired) electrons. The minimum Gasteiger partial charge on any atom is -0.356 e. The highest BCUT2D eigenvalue weighted by atomic mass is 16.1. The molecule has 0 bridgehead atoms. The number of carbonyl (C=O) groups is 1. The summed E-state index contributed by atoms with van der Waals surface area (Å²) < 4.78 is 2.34. The molecule has 1 amide bonds. The maximum Gasteiger partial charge on any atom is 0.220 e. The molecule has 0 spiro atoms. The van der Waals surface area contributed by atoms with Gasteiger partial charge in [0.05, 0.1) is 11.0 Å². The zero-order valence-corrected chi connectivity index (χ0v) is 19.9. The molecule has 4 heteroatoms. The lowest BCUT2D eigenvalue weighted by atomic mass is 9.99. The Morgan fingerprint density at radius 3 is 2.36 bits per heavy atom. The third-order valence-electron chi connectivity index (χ3n) is 6.27. The molecule has 0 saturated carbocycles. The van der Waals surface area contributed by atoms with E-state index in [1.165, 1.54) is 33.3 Å². The van der Waals surface area contributed by atoms with E-state index in [2.05, 4.69) is 73.1 Å². The molecule has 0 aliphatic heterocycles. The number of imidazole rings is 1. The highest BCUT2D eigenvalue weighted by Gasteiger charge is 2.13. The summed E-state index contributed by atoms with van der Waals surface area (Å²) in [7, 11) is 0. The Morgan fingerprint density at radius 2 is 1.61 bits per heavy atom.